The summed E-state index contributed by atoms with van der Waals surface area (Å²) >= 11 is 0. The van der Waals surface area contributed by atoms with E-state index in [-0.39, 0.29) is 23.5 Å². The molecule has 37 heavy (non-hydrogen) atoms. The predicted molar refractivity (Wildman–Crippen MR) is 111 cm³/mol. The average molecular weight is 536 g/mol. The van der Waals surface area contributed by atoms with E-state index < -0.39 is 64.3 Å². The smallest absolute Gasteiger partial charge is 0.469 e. The zero-order chi connectivity index (χ0) is 27.5. The predicted octanol–water partition coefficient (Wildman–Crippen LogP) is 7.63. The van der Waals surface area contributed by atoms with E-state index in [9.17, 15) is 44.3 Å². The van der Waals surface area contributed by atoms with Gasteiger partial charge in [-0.15, -0.1) is 13.2 Å². The number of hydrogen-bond donors (Lipinski definition) is 0. The maximum Gasteiger partial charge on any atom is 0.573 e. The average Bonchev–Trinajstić information content (AvgIpc) is 2.80. The summed E-state index contributed by atoms with van der Waals surface area (Å²) in [6.45, 7) is 1.09. The molecule has 0 radical (unpaired) electrons. The molecule has 0 saturated carbocycles. The second kappa shape index (κ2) is 10.8. The molecule has 0 amide bonds. The molecular formula is C24H13F9O4. The van der Waals surface area contributed by atoms with E-state index in [1.54, 1.807) is 0 Å². The van der Waals surface area contributed by atoms with Gasteiger partial charge in [-0.3, -0.25) is 0 Å². The molecule has 3 aromatic rings. The van der Waals surface area contributed by atoms with Crippen molar-refractivity contribution in [1.82, 2.24) is 0 Å². The first kappa shape index (κ1) is 27.4. The number of carbonyl (C=O) groups is 1. The molecule has 0 atom stereocenters. The molecule has 0 saturated heterocycles. The summed E-state index contributed by atoms with van der Waals surface area (Å²) in [5.74, 6) is -11.6. The van der Waals surface area contributed by atoms with Gasteiger partial charge in [0, 0.05) is 5.56 Å². The second-order valence-electron chi connectivity index (χ2n) is 7.07. The lowest BCUT2D eigenvalue weighted by Crippen LogP contribution is -2.19. The lowest BCUT2D eigenvalue weighted by Gasteiger charge is -2.12. The molecule has 4 nitrogen and oxygen atoms in total. The third kappa shape index (κ3) is 6.54. The summed E-state index contributed by atoms with van der Waals surface area (Å²) in [5, 5.41) is 0. The van der Waals surface area contributed by atoms with Gasteiger partial charge in [0.05, 0.1) is 6.61 Å². The Hall–Kier alpha value is -4.16. The lowest BCUT2D eigenvalue weighted by atomic mass is 10.0. The molecule has 0 fully saturated rings. The van der Waals surface area contributed by atoms with Crippen LogP contribution in [0.3, 0.4) is 0 Å². The van der Waals surface area contributed by atoms with Crippen molar-refractivity contribution in [1.29, 1.82) is 0 Å². The summed E-state index contributed by atoms with van der Waals surface area (Å²) in [4.78, 5) is 12.3. The van der Waals surface area contributed by atoms with Crippen LogP contribution in [0.1, 0.15) is 22.8 Å². The number of benzene rings is 3. The number of hydrogen-bond acceptors (Lipinski definition) is 4. The number of alkyl halides is 3. The van der Waals surface area contributed by atoms with Gasteiger partial charge in [-0.1, -0.05) is 12.1 Å². The van der Waals surface area contributed by atoms with Crippen LogP contribution >= 0.6 is 0 Å². The molecule has 0 aromatic heterocycles. The van der Waals surface area contributed by atoms with Crippen LogP contribution in [0.5, 0.6) is 11.5 Å². The van der Waals surface area contributed by atoms with Gasteiger partial charge in [-0.2, -0.15) is 8.78 Å². The molecule has 0 spiro atoms. The fourth-order valence-corrected chi connectivity index (χ4v) is 3.01. The molecule has 0 unspecified atom stereocenters. The van der Waals surface area contributed by atoms with E-state index in [1.165, 1.54) is 6.92 Å². The van der Waals surface area contributed by atoms with Crippen molar-refractivity contribution in [3.8, 4) is 22.6 Å². The molecule has 0 bridgehead atoms. The highest BCUT2D eigenvalue weighted by atomic mass is 19.4. The van der Waals surface area contributed by atoms with Crippen molar-refractivity contribution >= 4 is 11.8 Å². The number of esters is 1. The van der Waals surface area contributed by atoms with Gasteiger partial charge >= 0.3 is 18.3 Å². The van der Waals surface area contributed by atoms with E-state index in [0.717, 1.165) is 24.3 Å². The molecule has 13 heteroatoms. The van der Waals surface area contributed by atoms with Crippen molar-refractivity contribution in [3.63, 3.8) is 0 Å². The summed E-state index contributed by atoms with van der Waals surface area (Å²) in [6.07, 6.45) is -5.32. The molecule has 0 aliphatic carbocycles. The van der Waals surface area contributed by atoms with Gasteiger partial charge in [0.2, 0.25) is 11.6 Å². The first-order valence-electron chi connectivity index (χ1n) is 10.1. The van der Waals surface area contributed by atoms with Crippen molar-refractivity contribution in [2.75, 3.05) is 6.61 Å². The fraction of sp³-hybridized carbons (Fsp3) is 0.125. The zero-order valence-corrected chi connectivity index (χ0v) is 18.4. The van der Waals surface area contributed by atoms with Crippen LogP contribution < -0.4 is 9.47 Å². The Balaban J connectivity index is 1.81. The molecule has 3 rings (SSSR count). The van der Waals surface area contributed by atoms with Gasteiger partial charge in [0.1, 0.15) is 22.9 Å². The highest BCUT2D eigenvalue weighted by Crippen LogP contribution is 2.33. The maximum absolute atomic E-state index is 14.3. The van der Waals surface area contributed by atoms with Crippen LogP contribution in [-0.4, -0.2) is 18.9 Å². The lowest BCUT2D eigenvalue weighted by molar-refractivity contribution is -0.276. The van der Waals surface area contributed by atoms with Crippen LogP contribution in [-0.2, 0) is 4.74 Å². The largest absolute Gasteiger partial charge is 0.573 e. The summed E-state index contributed by atoms with van der Waals surface area (Å²) < 4.78 is 133. The first-order valence-corrected chi connectivity index (χ1v) is 10.1. The third-order valence-corrected chi connectivity index (χ3v) is 4.56. The van der Waals surface area contributed by atoms with Crippen LogP contribution in [0.4, 0.5) is 39.5 Å². The summed E-state index contributed by atoms with van der Waals surface area (Å²) in [7, 11) is 0. The molecule has 196 valence electrons. The fourth-order valence-electron chi connectivity index (χ4n) is 3.01. The van der Waals surface area contributed by atoms with Gasteiger partial charge in [-0.05, 0) is 54.4 Å². The van der Waals surface area contributed by atoms with Crippen molar-refractivity contribution in [3.05, 3.63) is 88.9 Å². The quantitative estimate of drug-likeness (QED) is 0.135. The summed E-state index contributed by atoms with van der Waals surface area (Å²) in [5.41, 5.74) is -2.23. The number of ether oxygens (including phenoxy) is 3. The zero-order valence-electron chi connectivity index (χ0n) is 18.4. The molecule has 0 aliphatic rings. The maximum atomic E-state index is 14.3. The normalized spacial score (nSPS) is 12.2. The highest BCUT2D eigenvalue weighted by molar-refractivity contribution is 5.92. The molecule has 0 aliphatic heterocycles. The molecular weight excluding hydrogens is 523 g/mol. The SMILES string of the molecule is CCO/C(F)=C(\F)c1cc(F)c(C(=O)Oc2ccc(-c3cc(F)c(OC(F)(F)F)c(F)c3)cc2)c(F)c1. The van der Waals surface area contributed by atoms with Gasteiger partial charge < -0.3 is 14.2 Å². The van der Waals surface area contributed by atoms with Crippen LogP contribution in [0.2, 0.25) is 0 Å². The Labute approximate surface area is 202 Å². The van der Waals surface area contributed by atoms with Gasteiger partial charge in [0.15, 0.2) is 11.6 Å². The van der Waals surface area contributed by atoms with E-state index in [0.29, 0.717) is 24.3 Å². The highest BCUT2D eigenvalue weighted by Gasteiger charge is 2.34. The first-order chi connectivity index (χ1) is 17.3. The Morgan fingerprint density at radius 2 is 1.35 bits per heavy atom. The van der Waals surface area contributed by atoms with Crippen molar-refractivity contribution in [2.45, 2.75) is 13.3 Å². The monoisotopic (exact) mass is 536 g/mol. The minimum atomic E-state index is -5.32. The van der Waals surface area contributed by atoms with E-state index in [1.807, 2.05) is 0 Å². The molecule has 0 heterocycles. The van der Waals surface area contributed by atoms with Crippen molar-refractivity contribution < 1.29 is 58.5 Å². The third-order valence-electron chi connectivity index (χ3n) is 4.56. The van der Waals surface area contributed by atoms with E-state index in [2.05, 4.69) is 9.47 Å². The number of halogens is 9. The number of carbonyl (C=O) groups excluding carboxylic acids is 1. The topological polar surface area (TPSA) is 44.8 Å². The van der Waals surface area contributed by atoms with E-state index >= 15 is 0 Å². The Morgan fingerprint density at radius 3 is 1.84 bits per heavy atom. The minimum Gasteiger partial charge on any atom is -0.469 e. The molecule has 3 aromatic carbocycles. The van der Waals surface area contributed by atoms with E-state index in [4.69, 9.17) is 4.74 Å². The van der Waals surface area contributed by atoms with Crippen molar-refractivity contribution in [2.24, 2.45) is 0 Å². The molecule has 0 N–H and O–H groups in total. The minimum absolute atomic E-state index is 0.0662. The van der Waals surface area contributed by atoms with Crippen LogP contribution in [0.15, 0.2) is 54.5 Å². The van der Waals surface area contributed by atoms with Crippen LogP contribution in [0.25, 0.3) is 17.0 Å². The second-order valence-corrected chi connectivity index (χ2v) is 7.07. The Kier molecular flexibility index (Phi) is 8.04. The summed E-state index contributed by atoms with van der Waals surface area (Å²) in [6, 6.07) is 4.55. The van der Waals surface area contributed by atoms with Gasteiger partial charge in [-0.25, -0.2) is 22.4 Å². The van der Waals surface area contributed by atoms with Gasteiger partial charge in [0.25, 0.3) is 0 Å². The Bertz CT molecular complexity index is 1300. The Morgan fingerprint density at radius 1 is 0.811 bits per heavy atom. The standard InChI is InChI=1S/C24H13F9O4/c1-2-35-22(30)20(29)13-9-15(25)19(16(26)10-13)23(34)36-14-5-3-11(4-6-14)12-7-17(27)21(18(28)8-12)37-24(31,32)33/h3-10H,2H2,1H3/b22-20-. The number of rotatable bonds is 7. The van der Waals surface area contributed by atoms with Crippen LogP contribution in [0, 0.1) is 23.3 Å².